The highest BCUT2D eigenvalue weighted by atomic mass is 32.2. The van der Waals surface area contributed by atoms with Crippen LogP contribution in [0.25, 0.3) is 0 Å². The molecule has 1 fully saturated rings. The number of aromatic nitrogens is 1. The number of carbonyl (C=O) groups is 1. The summed E-state index contributed by atoms with van der Waals surface area (Å²) in [6.07, 6.45) is 1.61. The lowest BCUT2D eigenvalue weighted by atomic mass is 10.1. The average Bonchev–Trinajstić information content (AvgIpc) is 3.46. The van der Waals surface area contributed by atoms with Crippen LogP contribution in [0.15, 0.2) is 40.5 Å². The second kappa shape index (κ2) is 8.33. The monoisotopic (exact) mass is 427 g/mol. The number of sulfone groups is 1. The minimum Gasteiger partial charge on any atom is -0.392 e. The molecule has 0 aliphatic heterocycles. The number of anilines is 1. The maximum absolute atomic E-state index is 13.1. The van der Waals surface area contributed by atoms with E-state index in [-0.39, 0.29) is 27.6 Å². The third kappa shape index (κ3) is 4.72. The van der Waals surface area contributed by atoms with E-state index in [0.29, 0.717) is 29.7 Å². The summed E-state index contributed by atoms with van der Waals surface area (Å²) >= 11 is 0.649. The Morgan fingerprint density at radius 1 is 1.43 bits per heavy atom. The average molecular weight is 427 g/mol. The van der Waals surface area contributed by atoms with Gasteiger partial charge >= 0.3 is 0 Å². The SMILES string of the molecule is C[C@H](CO)ON=C(C(=O)Nc1ncc(F)s1)c1ccc(S(=O)(=O)C2CC2)cc1. The van der Waals surface area contributed by atoms with E-state index in [4.69, 9.17) is 9.94 Å². The lowest BCUT2D eigenvalue weighted by Gasteiger charge is -2.10. The standard InChI is InChI=1S/C17H18FN3O5S2/c1-10(9-22)26-21-15(16(23)20-17-19-8-14(18)27-17)11-2-4-12(5-3-11)28(24,25)13-6-7-13/h2-5,8,10,13,22H,6-7,9H2,1H3,(H,19,20,23)/t10-/m1/s1. The van der Waals surface area contributed by atoms with E-state index in [9.17, 15) is 17.6 Å². The minimum atomic E-state index is -3.36. The number of oxime groups is 1. The zero-order valence-corrected chi connectivity index (χ0v) is 16.5. The van der Waals surface area contributed by atoms with Crippen LogP contribution in [-0.4, -0.2) is 48.1 Å². The van der Waals surface area contributed by atoms with E-state index in [1.165, 1.54) is 24.3 Å². The maximum Gasteiger partial charge on any atom is 0.280 e. The Balaban J connectivity index is 1.86. The molecule has 0 spiro atoms. The first kappa shape index (κ1) is 20.4. The highest BCUT2D eigenvalue weighted by molar-refractivity contribution is 7.92. The van der Waals surface area contributed by atoms with Crippen LogP contribution < -0.4 is 5.32 Å². The van der Waals surface area contributed by atoms with E-state index in [2.05, 4.69) is 15.5 Å². The number of rotatable bonds is 8. The number of halogens is 1. The number of hydrogen-bond acceptors (Lipinski definition) is 8. The van der Waals surface area contributed by atoms with Crippen molar-refractivity contribution < 1.29 is 27.5 Å². The van der Waals surface area contributed by atoms with Crippen LogP contribution in [0, 0.1) is 5.13 Å². The third-order valence-corrected chi connectivity index (χ3v) is 6.89. The number of nitrogens with zero attached hydrogens (tertiary/aromatic N) is 2. The van der Waals surface area contributed by atoms with Gasteiger partial charge in [0.15, 0.2) is 25.8 Å². The molecule has 1 amide bonds. The fourth-order valence-electron chi connectivity index (χ4n) is 2.24. The van der Waals surface area contributed by atoms with Gasteiger partial charge in [-0.3, -0.25) is 10.1 Å². The van der Waals surface area contributed by atoms with Crippen molar-refractivity contribution in [3.8, 4) is 0 Å². The van der Waals surface area contributed by atoms with Gasteiger partial charge in [0.25, 0.3) is 5.91 Å². The molecule has 1 aliphatic carbocycles. The number of carbonyl (C=O) groups excluding carboxylic acids is 1. The van der Waals surface area contributed by atoms with Gasteiger partial charge in [-0.1, -0.05) is 28.6 Å². The van der Waals surface area contributed by atoms with Crippen LogP contribution in [-0.2, 0) is 19.5 Å². The molecule has 1 atom stereocenters. The van der Waals surface area contributed by atoms with Gasteiger partial charge in [0, 0.05) is 5.56 Å². The van der Waals surface area contributed by atoms with Crippen molar-refractivity contribution >= 4 is 37.9 Å². The zero-order valence-electron chi connectivity index (χ0n) is 14.8. The second-order valence-electron chi connectivity index (χ2n) is 6.23. The van der Waals surface area contributed by atoms with Crippen molar-refractivity contribution in [1.82, 2.24) is 4.98 Å². The van der Waals surface area contributed by atoms with Gasteiger partial charge in [-0.25, -0.2) is 13.4 Å². The quantitative estimate of drug-likeness (QED) is 0.491. The van der Waals surface area contributed by atoms with Crippen LogP contribution >= 0.6 is 11.3 Å². The molecule has 28 heavy (non-hydrogen) atoms. The van der Waals surface area contributed by atoms with Gasteiger partial charge in [0.1, 0.15) is 6.10 Å². The van der Waals surface area contributed by atoms with Crippen molar-refractivity contribution in [3.63, 3.8) is 0 Å². The molecule has 0 saturated heterocycles. The number of aliphatic hydroxyl groups is 1. The summed E-state index contributed by atoms with van der Waals surface area (Å²) in [7, 11) is -3.36. The molecule has 150 valence electrons. The molecule has 0 radical (unpaired) electrons. The van der Waals surface area contributed by atoms with Crippen molar-refractivity contribution in [2.45, 2.75) is 36.0 Å². The predicted octanol–water partition coefficient (Wildman–Crippen LogP) is 1.96. The highest BCUT2D eigenvalue weighted by Gasteiger charge is 2.36. The number of thiazole rings is 1. The van der Waals surface area contributed by atoms with Gasteiger partial charge in [-0.2, -0.15) is 4.39 Å². The van der Waals surface area contributed by atoms with Gasteiger partial charge in [0.05, 0.1) is 22.9 Å². The summed E-state index contributed by atoms with van der Waals surface area (Å²) in [6.45, 7) is 1.25. The Kier molecular flexibility index (Phi) is 6.06. The molecule has 1 saturated carbocycles. The molecule has 1 aromatic carbocycles. The Bertz CT molecular complexity index is 984. The molecule has 1 aromatic heterocycles. The molecule has 2 aromatic rings. The fourth-order valence-corrected chi connectivity index (χ4v) is 4.44. The number of benzene rings is 1. The number of amides is 1. The molecule has 0 unspecified atom stereocenters. The highest BCUT2D eigenvalue weighted by Crippen LogP contribution is 2.33. The molecular weight excluding hydrogens is 409 g/mol. The van der Waals surface area contributed by atoms with Crippen LogP contribution in [0.4, 0.5) is 9.52 Å². The van der Waals surface area contributed by atoms with E-state index in [1.807, 2.05) is 0 Å². The molecule has 0 bridgehead atoms. The summed E-state index contributed by atoms with van der Waals surface area (Å²) in [4.78, 5) is 21.5. The van der Waals surface area contributed by atoms with Crippen molar-refractivity contribution in [3.05, 3.63) is 41.2 Å². The predicted molar refractivity (Wildman–Crippen MR) is 102 cm³/mol. The van der Waals surface area contributed by atoms with Gasteiger partial charge in [-0.05, 0) is 31.9 Å². The molecular formula is C17H18FN3O5S2. The van der Waals surface area contributed by atoms with Crippen molar-refractivity contribution in [2.24, 2.45) is 5.16 Å². The van der Waals surface area contributed by atoms with E-state index in [1.54, 1.807) is 6.92 Å². The van der Waals surface area contributed by atoms with E-state index >= 15 is 0 Å². The molecule has 3 rings (SSSR count). The van der Waals surface area contributed by atoms with Crippen LogP contribution in [0.3, 0.4) is 0 Å². The number of aliphatic hydroxyl groups excluding tert-OH is 1. The van der Waals surface area contributed by atoms with Crippen LogP contribution in [0.1, 0.15) is 25.3 Å². The first-order chi connectivity index (χ1) is 13.3. The lowest BCUT2D eigenvalue weighted by molar-refractivity contribution is -0.110. The molecule has 2 N–H and O–H groups in total. The normalized spacial score (nSPS) is 15.9. The smallest absolute Gasteiger partial charge is 0.280 e. The zero-order chi connectivity index (χ0) is 20.3. The fraction of sp³-hybridized carbons (Fsp3) is 0.353. The third-order valence-electron chi connectivity index (χ3n) is 3.91. The second-order valence-corrected chi connectivity index (χ2v) is 9.44. The summed E-state index contributed by atoms with van der Waals surface area (Å²) in [5.74, 6) is -0.711. The van der Waals surface area contributed by atoms with Gasteiger partial charge in [-0.15, -0.1) is 0 Å². The topological polar surface area (TPSA) is 118 Å². The van der Waals surface area contributed by atoms with Crippen LogP contribution in [0.2, 0.25) is 0 Å². The first-order valence-corrected chi connectivity index (χ1v) is 10.8. The Labute approximate surface area is 165 Å². The van der Waals surface area contributed by atoms with Gasteiger partial charge in [0.2, 0.25) is 0 Å². The minimum absolute atomic E-state index is 0.0401. The maximum atomic E-state index is 13.1. The summed E-state index contributed by atoms with van der Waals surface area (Å²) in [5.41, 5.74) is 0.140. The van der Waals surface area contributed by atoms with E-state index in [0.717, 1.165) is 6.20 Å². The van der Waals surface area contributed by atoms with Crippen LogP contribution in [0.5, 0.6) is 0 Å². The summed E-state index contributed by atoms with van der Waals surface area (Å²) in [6, 6.07) is 5.71. The van der Waals surface area contributed by atoms with Crippen molar-refractivity contribution in [1.29, 1.82) is 0 Å². The molecule has 11 heteroatoms. The Morgan fingerprint density at radius 2 is 2.11 bits per heavy atom. The largest absolute Gasteiger partial charge is 0.392 e. The Hall–Kier alpha value is -2.37. The van der Waals surface area contributed by atoms with Gasteiger partial charge < -0.3 is 9.94 Å². The summed E-state index contributed by atoms with van der Waals surface area (Å²) < 4.78 is 37.7. The first-order valence-electron chi connectivity index (χ1n) is 8.43. The molecule has 1 heterocycles. The number of hydrogen-bond donors (Lipinski definition) is 2. The number of nitrogens with one attached hydrogen (secondary N) is 1. The summed E-state index contributed by atoms with van der Waals surface area (Å²) in [5, 5.41) is 14.4. The lowest BCUT2D eigenvalue weighted by Crippen LogP contribution is -2.25. The Morgan fingerprint density at radius 3 is 2.64 bits per heavy atom. The molecule has 8 nitrogen and oxygen atoms in total. The van der Waals surface area contributed by atoms with Crippen molar-refractivity contribution in [2.75, 3.05) is 11.9 Å². The molecule has 1 aliphatic rings. The van der Waals surface area contributed by atoms with E-state index < -0.39 is 27.0 Å².